The molecular formula is C21H31N9O. The highest BCUT2D eigenvalue weighted by Crippen LogP contribution is 2.19. The van der Waals surface area contributed by atoms with E-state index in [9.17, 15) is 4.79 Å². The van der Waals surface area contributed by atoms with Gasteiger partial charge in [0.05, 0.1) is 6.54 Å². The fourth-order valence-electron chi connectivity index (χ4n) is 3.81. The summed E-state index contributed by atoms with van der Waals surface area (Å²) in [6.45, 7) is 7.35. The largest absolute Gasteiger partial charge is 0.382 e. The van der Waals surface area contributed by atoms with Crippen LogP contribution in [0.3, 0.4) is 0 Å². The number of unbranched alkanes of at least 4 members (excludes halogenated alkanes) is 1. The summed E-state index contributed by atoms with van der Waals surface area (Å²) in [6.07, 6.45) is 5.03. The average molecular weight is 426 g/mol. The van der Waals surface area contributed by atoms with Gasteiger partial charge in [-0.25, -0.2) is 9.78 Å². The van der Waals surface area contributed by atoms with Crippen LogP contribution in [0.5, 0.6) is 0 Å². The third-order valence-corrected chi connectivity index (χ3v) is 5.66. The Morgan fingerprint density at radius 2 is 2.06 bits per heavy atom. The van der Waals surface area contributed by atoms with E-state index in [0.29, 0.717) is 23.7 Å². The first-order valence-electron chi connectivity index (χ1n) is 10.9. The number of nitrogen functional groups attached to an aromatic ring is 1. The van der Waals surface area contributed by atoms with Gasteiger partial charge in [-0.05, 0) is 38.1 Å². The van der Waals surface area contributed by atoms with E-state index in [1.54, 1.807) is 4.57 Å². The number of pyridine rings is 1. The first kappa shape index (κ1) is 21.1. The van der Waals surface area contributed by atoms with Crippen LogP contribution < -0.4 is 21.6 Å². The van der Waals surface area contributed by atoms with Crippen molar-refractivity contribution >= 4 is 28.7 Å². The number of fused-ring (bicyclic) bond motifs is 1. The monoisotopic (exact) mass is 425 g/mol. The number of hydrogen-bond donors (Lipinski definition) is 3. The summed E-state index contributed by atoms with van der Waals surface area (Å²) in [5.41, 5.74) is 7.69. The summed E-state index contributed by atoms with van der Waals surface area (Å²) in [7, 11) is 2.15. The third kappa shape index (κ3) is 4.79. The molecule has 0 amide bonds. The molecule has 4 heterocycles. The first-order valence-corrected chi connectivity index (χ1v) is 10.9. The molecule has 10 heteroatoms. The number of likely N-dealkylation sites (N-methyl/N-ethyl adjacent to an activating group) is 1. The highest BCUT2D eigenvalue weighted by molar-refractivity contribution is 5.82. The summed E-state index contributed by atoms with van der Waals surface area (Å²) in [5.74, 6) is 1.67. The van der Waals surface area contributed by atoms with Gasteiger partial charge in [-0.3, -0.25) is 4.57 Å². The molecule has 3 aromatic heterocycles. The highest BCUT2D eigenvalue weighted by atomic mass is 16.1. The Labute approximate surface area is 181 Å². The third-order valence-electron chi connectivity index (χ3n) is 5.66. The predicted octanol–water partition coefficient (Wildman–Crippen LogP) is 1.50. The number of H-pyrrole nitrogens is 1. The zero-order chi connectivity index (χ0) is 21.8. The molecule has 31 heavy (non-hydrogen) atoms. The molecule has 1 aliphatic rings. The van der Waals surface area contributed by atoms with Gasteiger partial charge in [-0.2, -0.15) is 9.97 Å². The second kappa shape index (κ2) is 9.34. The normalized spacial score (nSPS) is 15.4. The van der Waals surface area contributed by atoms with Crippen molar-refractivity contribution in [3.63, 3.8) is 0 Å². The minimum absolute atomic E-state index is 0.263. The molecule has 0 saturated carbocycles. The number of aromatic amines is 1. The van der Waals surface area contributed by atoms with Crippen molar-refractivity contribution in [2.75, 3.05) is 55.7 Å². The predicted molar refractivity (Wildman–Crippen MR) is 124 cm³/mol. The van der Waals surface area contributed by atoms with Crippen molar-refractivity contribution in [1.82, 2.24) is 29.4 Å². The topological polar surface area (TPSA) is 121 Å². The SMILES string of the molecule is CCCCNc1nc(N)c2[nH]c(=O)n(Cc3ccc(N4CCCN(C)CC4)nc3)c2n1. The Bertz CT molecular complexity index is 1070. The van der Waals surface area contributed by atoms with Gasteiger partial charge in [-0.15, -0.1) is 0 Å². The molecule has 0 radical (unpaired) electrons. The summed E-state index contributed by atoms with van der Waals surface area (Å²) in [6, 6.07) is 4.05. The van der Waals surface area contributed by atoms with Gasteiger partial charge in [-0.1, -0.05) is 19.4 Å². The van der Waals surface area contributed by atoms with E-state index in [1.807, 2.05) is 18.3 Å². The number of aromatic nitrogens is 5. The van der Waals surface area contributed by atoms with Crippen LogP contribution in [-0.4, -0.2) is 69.2 Å². The lowest BCUT2D eigenvalue weighted by Gasteiger charge is -2.21. The molecule has 0 atom stereocenters. The van der Waals surface area contributed by atoms with Gasteiger partial charge >= 0.3 is 5.69 Å². The van der Waals surface area contributed by atoms with Crippen molar-refractivity contribution in [1.29, 1.82) is 0 Å². The molecule has 0 bridgehead atoms. The van der Waals surface area contributed by atoms with Crippen molar-refractivity contribution in [3.8, 4) is 0 Å². The van der Waals surface area contributed by atoms with E-state index in [1.165, 1.54) is 0 Å². The van der Waals surface area contributed by atoms with E-state index in [-0.39, 0.29) is 11.5 Å². The zero-order valence-corrected chi connectivity index (χ0v) is 18.3. The molecule has 1 saturated heterocycles. The quantitative estimate of drug-likeness (QED) is 0.487. The fraction of sp³-hybridized carbons (Fsp3) is 0.524. The van der Waals surface area contributed by atoms with Gasteiger partial charge in [0, 0.05) is 32.4 Å². The lowest BCUT2D eigenvalue weighted by atomic mass is 10.2. The van der Waals surface area contributed by atoms with Crippen LogP contribution in [0.25, 0.3) is 11.2 Å². The van der Waals surface area contributed by atoms with E-state index in [4.69, 9.17) is 5.73 Å². The second-order valence-corrected chi connectivity index (χ2v) is 8.10. The number of nitrogens with two attached hydrogens (primary N) is 1. The zero-order valence-electron chi connectivity index (χ0n) is 18.3. The number of nitrogens with one attached hydrogen (secondary N) is 2. The van der Waals surface area contributed by atoms with E-state index in [0.717, 1.165) is 63.4 Å². The Morgan fingerprint density at radius 3 is 2.84 bits per heavy atom. The summed E-state index contributed by atoms with van der Waals surface area (Å²) in [4.78, 5) is 33.5. The highest BCUT2D eigenvalue weighted by Gasteiger charge is 2.16. The lowest BCUT2D eigenvalue weighted by Crippen LogP contribution is -2.29. The van der Waals surface area contributed by atoms with Crippen molar-refractivity contribution in [3.05, 3.63) is 34.4 Å². The Balaban J connectivity index is 1.55. The molecule has 3 aromatic rings. The summed E-state index contributed by atoms with van der Waals surface area (Å²) in [5, 5.41) is 3.18. The van der Waals surface area contributed by atoms with E-state index in [2.05, 4.69) is 49.0 Å². The van der Waals surface area contributed by atoms with Crippen LogP contribution in [0.2, 0.25) is 0 Å². The van der Waals surface area contributed by atoms with Crippen molar-refractivity contribution < 1.29 is 0 Å². The molecule has 10 nitrogen and oxygen atoms in total. The maximum atomic E-state index is 12.6. The maximum Gasteiger partial charge on any atom is 0.328 e. The number of imidazole rings is 1. The molecule has 0 spiro atoms. The summed E-state index contributed by atoms with van der Waals surface area (Å²) < 4.78 is 1.58. The van der Waals surface area contributed by atoms with Gasteiger partial charge in [0.25, 0.3) is 0 Å². The Kier molecular flexibility index (Phi) is 6.36. The fourth-order valence-corrected chi connectivity index (χ4v) is 3.81. The van der Waals surface area contributed by atoms with E-state index < -0.39 is 0 Å². The standard InChI is InChI=1S/C21H31N9O/c1-3-4-8-23-20-26-18(22)17-19(27-20)30(21(31)25-17)14-15-6-7-16(24-13-15)29-10-5-9-28(2)11-12-29/h6-7,13H,3-5,8-12,14H2,1-2H3,(H,25,31)(H3,22,23,26,27). The van der Waals surface area contributed by atoms with Crippen molar-refractivity contribution in [2.45, 2.75) is 32.7 Å². The van der Waals surface area contributed by atoms with Gasteiger partial charge in [0.2, 0.25) is 5.95 Å². The first-order chi connectivity index (χ1) is 15.0. The Hall–Kier alpha value is -3.14. The van der Waals surface area contributed by atoms with Crippen LogP contribution in [-0.2, 0) is 6.54 Å². The molecule has 1 fully saturated rings. The van der Waals surface area contributed by atoms with Crippen LogP contribution in [0.15, 0.2) is 23.1 Å². The molecule has 0 aliphatic carbocycles. The van der Waals surface area contributed by atoms with Gasteiger partial charge < -0.3 is 25.8 Å². The average Bonchev–Trinajstić information content (AvgIpc) is 2.92. The van der Waals surface area contributed by atoms with Crippen LogP contribution in [0.1, 0.15) is 31.7 Å². The molecular weight excluding hydrogens is 394 g/mol. The molecule has 0 aromatic carbocycles. The second-order valence-electron chi connectivity index (χ2n) is 8.10. The van der Waals surface area contributed by atoms with E-state index >= 15 is 0 Å². The number of rotatable bonds is 7. The number of nitrogens with zero attached hydrogens (tertiary/aromatic N) is 6. The van der Waals surface area contributed by atoms with Crippen LogP contribution in [0, 0.1) is 0 Å². The summed E-state index contributed by atoms with van der Waals surface area (Å²) >= 11 is 0. The molecule has 166 valence electrons. The van der Waals surface area contributed by atoms with Crippen LogP contribution >= 0.6 is 0 Å². The molecule has 0 unspecified atom stereocenters. The molecule has 1 aliphatic heterocycles. The minimum atomic E-state index is -0.263. The Morgan fingerprint density at radius 1 is 1.19 bits per heavy atom. The number of anilines is 3. The maximum absolute atomic E-state index is 12.6. The van der Waals surface area contributed by atoms with Crippen LogP contribution in [0.4, 0.5) is 17.6 Å². The smallest absolute Gasteiger partial charge is 0.328 e. The van der Waals surface area contributed by atoms with Gasteiger partial charge in [0.1, 0.15) is 11.3 Å². The van der Waals surface area contributed by atoms with Crippen molar-refractivity contribution in [2.24, 2.45) is 0 Å². The molecule has 4 rings (SSSR count). The lowest BCUT2D eigenvalue weighted by molar-refractivity contribution is 0.360. The minimum Gasteiger partial charge on any atom is -0.382 e. The number of hydrogen-bond acceptors (Lipinski definition) is 8. The molecule has 4 N–H and O–H groups in total. The van der Waals surface area contributed by atoms with Gasteiger partial charge in [0.15, 0.2) is 11.5 Å².